The average molecular weight is 508 g/mol. The van der Waals surface area contributed by atoms with E-state index in [0.717, 1.165) is 0 Å². The van der Waals surface area contributed by atoms with Gasteiger partial charge in [0.15, 0.2) is 0 Å². The molecule has 1 nitrogen and oxygen atoms in total. The van der Waals surface area contributed by atoms with E-state index < -0.39 is 0 Å². The monoisotopic (exact) mass is 507 g/mol. The van der Waals surface area contributed by atoms with Crippen LogP contribution in [0.5, 0.6) is 0 Å². The fourth-order valence-corrected chi connectivity index (χ4v) is 6.03. The first kappa shape index (κ1) is 34.5. The zero-order chi connectivity index (χ0) is 24.7. The van der Waals surface area contributed by atoms with Crippen LogP contribution in [-0.4, -0.2) is 6.04 Å². The summed E-state index contributed by atoms with van der Waals surface area (Å²) >= 11 is 0. The zero-order valence-corrected chi connectivity index (χ0v) is 24.8. The van der Waals surface area contributed by atoms with Gasteiger partial charge in [-0.05, 0) is 24.8 Å². The molecule has 0 heterocycles. The fourth-order valence-electron chi connectivity index (χ4n) is 6.03. The quantitative estimate of drug-likeness (QED) is 0.138. The Labute approximate surface area is 227 Å². The molecule has 1 aromatic carbocycles. The van der Waals surface area contributed by atoms with Crippen LogP contribution in [0.2, 0.25) is 0 Å². The molecule has 0 saturated heterocycles. The molecule has 0 aliphatic rings. The minimum absolute atomic E-state index is 0. The van der Waals surface area contributed by atoms with Crippen LogP contribution >= 0.6 is 12.4 Å². The predicted molar refractivity (Wildman–Crippen MR) is 162 cm³/mol. The molecule has 206 valence electrons. The number of unbranched alkanes of at least 4 members (excludes halogenated alkanes) is 16. The zero-order valence-electron chi connectivity index (χ0n) is 24.0. The van der Waals surface area contributed by atoms with Crippen molar-refractivity contribution >= 4 is 12.4 Å². The Morgan fingerprint density at radius 2 is 0.914 bits per heavy atom. The summed E-state index contributed by atoms with van der Waals surface area (Å²) in [6, 6.07) is 11.4. The Balaban J connectivity index is 0.0000116. The van der Waals surface area contributed by atoms with E-state index in [-0.39, 0.29) is 23.9 Å². The standard InChI is InChI=1S/C33H61N.ClH/c1-4-7-8-9-10-11-12-13-14-15-16-17-18-19-20-21-25-28-32(34)33(29-5-2,30-6-3)31-26-23-22-24-27-31;/h22-24,26-27,32H,4-21,25,28-30,34H2,1-3H3;1H. The van der Waals surface area contributed by atoms with Crippen LogP contribution in [0, 0.1) is 0 Å². The van der Waals surface area contributed by atoms with Crippen molar-refractivity contribution in [3.63, 3.8) is 0 Å². The van der Waals surface area contributed by atoms with Gasteiger partial charge in [0.05, 0.1) is 0 Å². The molecule has 2 heteroatoms. The summed E-state index contributed by atoms with van der Waals surface area (Å²) in [4.78, 5) is 0. The van der Waals surface area contributed by atoms with Crippen molar-refractivity contribution < 1.29 is 0 Å². The predicted octanol–water partition coefficient (Wildman–Crippen LogP) is 11.3. The molecule has 1 atom stereocenters. The van der Waals surface area contributed by atoms with Crippen LogP contribution in [-0.2, 0) is 5.41 Å². The van der Waals surface area contributed by atoms with Crippen molar-refractivity contribution in [1.29, 1.82) is 0 Å². The van der Waals surface area contributed by atoms with Gasteiger partial charge in [-0.2, -0.15) is 0 Å². The van der Waals surface area contributed by atoms with Gasteiger partial charge in [0.1, 0.15) is 0 Å². The number of hydrogen-bond donors (Lipinski definition) is 1. The Bertz CT molecular complexity index is 537. The van der Waals surface area contributed by atoms with Gasteiger partial charge in [-0.1, -0.05) is 173 Å². The smallest absolute Gasteiger partial charge is 0.0136 e. The van der Waals surface area contributed by atoms with Crippen molar-refractivity contribution in [3.8, 4) is 0 Å². The lowest BCUT2D eigenvalue weighted by molar-refractivity contribution is 0.272. The molecule has 0 saturated carbocycles. The normalized spacial score (nSPS) is 12.5. The Hall–Kier alpha value is -0.530. The molecule has 1 aromatic rings. The third kappa shape index (κ3) is 15.3. The minimum atomic E-state index is 0. The number of rotatable bonds is 24. The van der Waals surface area contributed by atoms with Crippen molar-refractivity contribution in [2.75, 3.05) is 0 Å². The first-order valence-electron chi connectivity index (χ1n) is 15.5. The Morgan fingerprint density at radius 3 is 1.29 bits per heavy atom. The van der Waals surface area contributed by atoms with Gasteiger partial charge in [0, 0.05) is 11.5 Å². The summed E-state index contributed by atoms with van der Waals surface area (Å²) in [5, 5.41) is 0. The highest BCUT2D eigenvalue weighted by Gasteiger charge is 2.36. The molecule has 0 aromatic heterocycles. The van der Waals surface area contributed by atoms with Gasteiger partial charge >= 0.3 is 0 Å². The molecule has 1 rings (SSSR count). The van der Waals surface area contributed by atoms with Gasteiger partial charge in [-0.15, -0.1) is 12.4 Å². The van der Waals surface area contributed by atoms with Crippen molar-refractivity contribution in [3.05, 3.63) is 35.9 Å². The molecule has 2 N–H and O–H groups in total. The summed E-state index contributed by atoms with van der Waals surface area (Å²) in [5.74, 6) is 0. The number of benzene rings is 1. The lowest BCUT2D eigenvalue weighted by Crippen LogP contribution is -2.45. The molecule has 0 bridgehead atoms. The fraction of sp³-hybridized carbons (Fsp3) is 0.818. The first-order chi connectivity index (χ1) is 16.7. The van der Waals surface area contributed by atoms with Crippen LogP contribution in [0.15, 0.2) is 30.3 Å². The molecule has 0 aliphatic heterocycles. The highest BCUT2D eigenvalue weighted by atomic mass is 35.5. The molecular weight excluding hydrogens is 446 g/mol. The molecular formula is C33H62ClN. The highest BCUT2D eigenvalue weighted by molar-refractivity contribution is 5.85. The largest absolute Gasteiger partial charge is 0.327 e. The van der Waals surface area contributed by atoms with E-state index in [0.29, 0.717) is 0 Å². The van der Waals surface area contributed by atoms with Gasteiger partial charge in [-0.3, -0.25) is 0 Å². The number of nitrogens with two attached hydrogens (primary N) is 1. The topological polar surface area (TPSA) is 26.0 Å². The van der Waals surface area contributed by atoms with Crippen LogP contribution in [0.4, 0.5) is 0 Å². The van der Waals surface area contributed by atoms with Gasteiger partial charge < -0.3 is 5.73 Å². The van der Waals surface area contributed by atoms with Gasteiger partial charge in [0.2, 0.25) is 0 Å². The van der Waals surface area contributed by atoms with E-state index in [2.05, 4.69) is 51.1 Å². The van der Waals surface area contributed by atoms with Gasteiger partial charge in [-0.25, -0.2) is 0 Å². The van der Waals surface area contributed by atoms with Crippen molar-refractivity contribution in [2.45, 2.75) is 173 Å². The van der Waals surface area contributed by atoms with E-state index >= 15 is 0 Å². The van der Waals surface area contributed by atoms with E-state index in [1.807, 2.05) is 0 Å². The van der Waals surface area contributed by atoms with Crippen molar-refractivity contribution in [1.82, 2.24) is 0 Å². The summed E-state index contributed by atoms with van der Waals surface area (Å²) in [7, 11) is 0. The summed E-state index contributed by atoms with van der Waals surface area (Å²) in [5.41, 5.74) is 8.56. The van der Waals surface area contributed by atoms with Crippen LogP contribution in [0.1, 0.15) is 168 Å². The maximum Gasteiger partial charge on any atom is 0.0136 e. The van der Waals surface area contributed by atoms with Crippen LogP contribution < -0.4 is 5.73 Å². The Morgan fingerprint density at radius 1 is 0.543 bits per heavy atom. The van der Waals surface area contributed by atoms with E-state index in [1.165, 1.54) is 147 Å². The third-order valence-electron chi connectivity index (χ3n) is 8.07. The lowest BCUT2D eigenvalue weighted by Gasteiger charge is -2.40. The average Bonchev–Trinajstić information content (AvgIpc) is 2.86. The van der Waals surface area contributed by atoms with E-state index in [1.54, 1.807) is 0 Å². The molecule has 1 unspecified atom stereocenters. The summed E-state index contributed by atoms with van der Waals surface area (Å²) < 4.78 is 0. The van der Waals surface area contributed by atoms with Crippen LogP contribution in [0.25, 0.3) is 0 Å². The number of halogens is 1. The highest BCUT2D eigenvalue weighted by Crippen LogP contribution is 2.38. The second kappa shape index (κ2) is 23.8. The second-order valence-corrected chi connectivity index (χ2v) is 11.1. The first-order valence-corrected chi connectivity index (χ1v) is 15.5. The van der Waals surface area contributed by atoms with E-state index in [4.69, 9.17) is 5.73 Å². The Kier molecular flexibility index (Phi) is 23.5. The summed E-state index contributed by atoms with van der Waals surface area (Å²) in [6.45, 7) is 6.93. The molecule has 0 radical (unpaired) electrons. The molecule has 0 fully saturated rings. The minimum Gasteiger partial charge on any atom is -0.327 e. The maximum absolute atomic E-state index is 6.92. The van der Waals surface area contributed by atoms with E-state index in [9.17, 15) is 0 Å². The molecule has 0 spiro atoms. The molecule has 35 heavy (non-hydrogen) atoms. The summed E-state index contributed by atoms with van der Waals surface area (Å²) in [6.07, 6.45) is 30.3. The lowest BCUT2D eigenvalue weighted by atomic mass is 9.67. The maximum atomic E-state index is 6.92. The SMILES string of the molecule is CCCCCCCCCCCCCCCCCCCC(N)C(CCC)(CCC)c1ccccc1.Cl. The van der Waals surface area contributed by atoms with Crippen molar-refractivity contribution in [2.24, 2.45) is 5.73 Å². The number of hydrogen-bond acceptors (Lipinski definition) is 1. The second-order valence-electron chi connectivity index (χ2n) is 11.1. The van der Waals surface area contributed by atoms with Crippen LogP contribution in [0.3, 0.4) is 0 Å². The molecule has 0 amide bonds. The molecule has 0 aliphatic carbocycles. The third-order valence-corrected chi connectivity index (χ3v) is 8.07. The van der Waals surface area contributed by atoms with Gasteiger partial charge in [0.25, 0.3) is 0 Å².